The predicted octanol–water partition coefficient (Wildman–Crippen LogP) is 0.130. The molecule has 0 N–H and O–H groups in total. The molecule has 29 heavy (non-hydrogen) atoms. The number of imidazole rings is 1. The van der Waals surface area contributed by atoms with Crippen LogP contribution in [0.5, 0.6) is 5.88 Å². The van der Waals surface area contributed by atoms with Gasteiger partial charge in [0, 0.05) is 39.1 Å². The van der Waals surface area contributed by atoms with Gasteiger partial charge in [0.05, 0.1) is 26.1 Å². The highest BCUT2D eigenvalue weighted by molar-refractivity contribution is 7.89. The number of rotatable bonds is 5. The Labute approximate surface area is 169 Å². The number of aromatic nitrogens is 3. The maximum absolute atomic E-state index is 12.8. The van der Waals surface area contributed by atoms with Gasteiger partial charge in [0.2, 0.25) is 5.88 Å². The predicted molar refractivity (Wildman–Crippen MR) is 102 cm³/mol. The largest absolute Gasteiger partial charge is 0.472 e. The Morgan fingerprint density at radius 2 is 2.03 bits per heavy atom. The number of aryl methyl sites for hydroxylation is 1. The Kier molecular flexibility index (Phi) is 5.52. The number of morpholine rings is 1. The van der Waals surface area contributed by atoms with Crippen LogP contribution in [0.25, 0.3) is 0 Å². The SMILES string of the molecule is Cn1cnc(S(=O)(=O)N2CCC(Oc3ncccc3C(=O)N3CCOCC3)C2)c1. The van der Waals surface area contributed by atoms with Gasteiger partial charge in [0.25, 0.3) is 15.9 Å². The number of carbonyl (C=O) groups excluding carboxylic acids is 1. The molecule has 2 fully saturated rings. The van der Waals surface area contributed by atoms with Gasteiger partial charge in [0.15, 0.2) is 5.03 Å². The number of ether oxygens (including phenoxy) is 2. The van der Waals surface area contributed by atoms with Crippen LogP contribution in [-0.4, -0.2) is 83.6 Å². The first kappa shape index (κ1) is 19.8. The topological polar surface area (TPSA) is 107 Å². The van der Waals surface area contributed by atoms with Gasteiger partial charge in [-0.3, -0.25) is 4.79 Å². The molecule has 0 bridgehead atoms. The number of nitrogens with zero attached hydrogens (tertiary/aromatic N) is 5. The highest BCUT2D eigenvalue weighted by Crippen LogP contribution is 2.25. The molecule has 2 aliphatic rings. The van der Waals surface area contributed by atoms with Crippen molar-refractivity contribution in [2.75, 3.05) is 39.4 Å². The standard InChI is InChI=1S/C18H23N5O5S/c1-21-12-16(20-13-21)29(25,26)23-6-4-14(11-23)28-17-15(3-2-5-19-17)18(24)22-7-9-27-10-8-22/h2-3,5,12-14H,4,6-11H2,1H3. The van der Waals surface area contributed by atoms with Crippen molar-refractivity contribution in [1.29, 1.82) is 0 Å². The summed E-state index contributed by atoms with van der Waals surface area (Å²) < 4.78 is 39.7. The molecule has 1 unspecified atom stereocenters. The van der Waals surface area contributed by atoms with Crippen LogP contribution >= 0.6 is 0 Å². The Bertz CT molecular complexity index is 986. The Balaban J connectivity index is 1.46. The molecular weight excluding hydrogens is 398 g/mol. The molecule has 0 aromatic carbocycles. The lowest BCUT2D eigenvalue weighted by Gasteiger charge is -2.27. The molecule has 0 radical (unpaired) electrons. The fraction of sp³-hybridized carbons (Fsp3) is 0.500. The molecule has 0 spiro atoms. The van der Waals surface area contributed by atoms with Crippen LogP contribution in [0.4, 0.5) is 0 Å². The minimum absolute atomic E-state index is 0.0154. The average Bonchev–Trinajstić information content (AvgIpc) is 3.38. The minimum Gasteiger partial charge on any atom is -0.472 e. The summed E-state index contributed by atoms with van der Waals surface area (Å²) in [5.41, 5.74) is 0.375. The molecule has 2 saturated heterocycles. The summed E-state index contributed by atoms with van der Waals surface area (Å²) in [5.74, 6) is 0.0680. The van der Waals surface area contributed by atoms with Crippen LogP contribution in [0.3, 0.4) is 0 Å². The van der Waals surface area contributed by atoms with Crippen LogP contribution in [0, 0.1) is 0 Å². The molecule has 11 heteroatoms. The molecule has 156 valence electrons. The maximum Gasteiger partial charge on any atom is 0.262 e. The van der Waals surface area contributed by atoms with Gasteiger partial charge in [-0.1, -0.05) is 0 Å². The van der Waals surface area contributed by atoms with Crippen molar-refractivity contribution in [3.63, 3.8) is 0 Å². The van der Waals surface area contributed by atoms with Gasteiger partial charge < -0.3 is 18.9 Å². The van der Waals surface area contributed by atoms with E-state index in [2.05, 4.69) is 9.97 Å². The van der Waals surface area contributed by atoms with Crippen molar-refractivity contribution in [2.24, 2.45) is 7.05 Å². The van der Waals surface area contributed by atoms with Crippen LogP contribution in [0.15, 0.2) is 35.9 Å². The fourth-order valence-electron chi connectivity index (χ4n) is 3.41. The second kappa shape index (κ2) is 8.09. The van der Waals surface area contributed by atoms with Crippen molar-refractivity contribution in [3.05, 3.63) is 36.4 Å². The van der Waals surface area contributed by atoms with E-state index in [0.29, 0.717) is 44.8 Å². The smallest absolute Gasteiger partial charge is 0.262 e. The summed E-state index contributed by atoms with van der Waals surface area (Å²) in [6.07, 6.45) is 4.60. The quantitative estimate of drug-likeness (QED) is 0.675. The first-order chi connectivity index (χ1) is 13.9. The van der Waals surface area contributed by atoms with Gasteiger partial charge in [-0.2, -0.15) is 4.31 Å². The lowest BCUT2D eigenvalue weighted by molar-refractivity contribution is 0.0298. The highest BCUT2D eigenvalue weighted by atomic mass is 32.2. The van der Waals surface area contributed by atoms with Gasteiger partial charge in [-0.05, 0) is 18.6 Å². The third-order valence-electron chi connectivity index (χ3n) is 4.97. The van der Waals surface area contributed by atoms with Crippen LogP contribution < -0.4 is 4.74 Å². The first-order valence-corrected chi connectivity index (χ1v) is 10.9. The minimum atomic E-state index is -3.67. The van der Waals surface area contributed by atoms with E-state index >= 15 is 0 Å². The third kappa shape index (κ3) is 4.11. The van der Waals surface area contributed by atoms with Crippen molar-refractivity contribution >= 4 is 15.9 Å². The van der Waals surface area contributed by atoms with E-state index in [1.54, 1.807) is 34.8 Å². The Hall–Kier alpha value is -2.50. The van der Waals surface area contributed by atoms with Crippen LogP contribution in [-0.2, 0) is 21.8 Å². The molecule has 1 atom stereocenters. The van der Waals surface area contributed by atoms with Crippen molar-refractivity contribution < 1.29 is 22.7 Å². The van der Waals surface area contributed by atoms with E-state index in [1.165, 1.54) is 16.8 Å². The molecular formula is C18H23N5O5S. The lowest BCUT2D eigenvalue weighted by atomic mass is 10.2. The summed E-state index contributed by atoms with van der Waals surface area (Å²) in [4.78, 5) is 22.7. The summed E-state index contributed by atoms with van der Waals surface area (Å²) in [5, 5.41) is 0.0154. The highest BCUT2D eigenvalue weighted by Gasteiger charge is 2.35. The second-order valence-electron chi connectivity index (χ2n) is 7.03. The average molecular weight is 421 g/mol. The number of amides is 1. The van der Waals surface area contributed by atoms with Crippen LogP contribution in [0.2, 0.25) is 0 Å². The number of sulfonamides is 1. The first-order valence-electron chi connectivity index (χ1n) is 9.42. The van der Waals surface area contributed by atoms with Gasteiger partial charge in [-0.25, -0.2) is 18.4 Å². The number of hydrogen-bond acceptors (Lipinski definition) is 7. The number of carbonyl (C=O) groups is 1. The van der Waals surface area contributed by atoms with E-state index in [9.17, 15) is 13.2 Å². The van der Waals surface area contributed by atoms with E-state index in [4.69, 9.17) is 9.47 Å². The molecule has 10 nitrogen and oxygen atoms in total. The number of pyridine rings is 1. The van der Waals surface area contributed by atoms with Gasteiger partial charge >= 0.3 is 0 Å². The number of hydrogen-bond donors (Lipinski definition) is 0. The van der Waals surface area contributed by atoms with Gasteiger partial charge in [-0.15, -0.1) is 0 Å². The van der Waals surface area contributed by atoms with E-state index in [0.717, 1.165) is 0 Å². The van der Waals surface area contributed by atoms with Crippen molar-refractivity contribution in [2.45, 2.75) is 17.6 Å². The zero-order chi connectivity index (χ0) is 20.4. The monoisotopic (exact) mass is 421 g/mol. The molecule has 2 aliphatic heterocycles. The lowest BCUT2D eigenvalue weighted by Crippen LogP contribution is -2.41. The summed E-state index contributed by atoms with van der Waals surface area (Å²) >= 11 is 0. The third-order valence-corrected chi connectivity index (χ3v) is 6.72. The Morgan fingerprint density at radius 1 is 1.24 bits per heavy atom. The fourth-order valence-corrected chi connectivity index (χ4v) is 4.86. The van der Waals surface area contributed by atoms with Crippen molar-refractivity contribution in [1.82, 2.24) is 23.7 Å². The molecule has 2 aromatic rings. The van der Waals surface area contributed by atoms with E-state index in [-0.39, 0.29) is 29.5 Å². The molecule has 4 rings (SSSR count). The summed E-state index contributed by atoms with van der Waals surface area (Å²) in [6.45, 7) is 2.56. The molecule has 0 aliphatic carbocycles. The zero-order valence-corrected chi connectivity index (χ0v) is 16.9. The summed E-state index contributed by atoms with van der Waals surface area (Å²) in [7, 11) is -1.96. The Morgan fingerprint density at radius 3 is 2.76 bits per heavy atom. The van der Waals surface area contributed by atoms with Crippen LogP contribution in [0.1, 0.15) is 16.8 Å². The molecule has 0 saturated carbocycles. The van der Waals surface area contributed by atoms with Crippen molar-refractivity contribution in [3.8, 4) is 5.88 Å². The molecule has 2 aromatic heterocycles. The maximum atomic E-state index is 12.8. The zero-order valence-electron chi connectivity index (χ0n) is 16.1. The normalized spacial score (nSPS) is 20.7. The molecule has 4 heterocycles. The molecule has 1 amide bonds. The summed E-state index contributed by atoms with van der Waals surface area (Å²) in [6, 6.07) is 3.37. The second-order valence-corrected chi connectivity index (χ2v) is 8.91. The van der Waals surface area contributed by atoms with E-state index < -0.39 is 10.0 Å². The van der Waals surface area contributed by atoms with Gasteiger partial charge in [0.1, 0.15) is 11.7 Å². The van der Waals surface area contributed by atoms with E-state index in [1.807, 2.05) is 0 Å².